The summed E-state index contributed by atoms with van der Waals surface area (Å²) in [5.41, 5.74) is 3.06. The molecule has 0 bridgehead atoms. The van der Waals surface area contributed by atoms with Crippen LogP contribution in [0.4, 0.5) is 5.69 Å². The largest absolute Gasteiger partial charge is 0.495 e. The van der Waals surface area contributed by atoms with Gasteiger partial charge in [0.15, 0.2) is 5.17 Å². The quantitative estimate of drug-likeness (QED) is 0.333. The highest BCUT2D eigenvalue weighted by molar-refractivity contribution is 14.1. The lowest BCUT2D eigenvalue weighted by Gasteiger charge is -2.09. The molecule has 1 fully saturated rings. The number of aliphatic imine (C=N–C) groups is 1. The highest BCUT2D eigenvalue weighted by Crippen LogP contribution is 2.35. The molecule has 4 nitrogen and oxygen atoms in total. The summed E-state index contributed by atoms with van der Waals surface area (Å²) in [4.78, 5) is 19.7. The number of aryl methyl sites for hydroxylation is 1. The van der Waals surface area contributed by atoms with Crippen molar-refractivity contribution >= 4 is 79.8 Å². The summed E-state index contributed by atoms with van der Waals surface area (Å²) < 4.78 is 7.44. The molecule has 0 saturated carbocycles. The minimum atomic E-state index is -0.0337. The van der Waals surface area contributed by atoms with Crippen LogP contribution >= 0.6 is 56.9 Å². The third-order valence-electron chi connectivity index (χ3n) is 4.11. The summed E-state index contributed by atoms with van der Waals surface area (Å²) in [5, 5.41) is 0.699. The summed E-state index contributed by atoms with van der Waals surface area (Å²) in [6.07, 6.45) is 2.82. The van der Waals surface area contributed by atoms with E-state index in [1.807, 2.05) is 36.4 Å². The Kier molecular flexibility index (Phi) is 6.85. The van der Waals surface area contributed by atoms with Gasteiger partial charge in [0.25, 0.3) is 5.91 Å². The van der Waals surface area contributed by atoms with Crippen LogP contribution in [0.15, 0.2) is 46.3 Å². The fourth-order valence-corrected chi connectivity index (χ4v) is 5.92. The number of hydrogen-bond acceptors (Lipinski definition) is 4. The lowest BCUT2D eigenvalue weighted by molar-refractivity contribution is -0.121. The standard InChI is InChI=1S/C20H18I2N2O2S/c1-4-13-7-5-6-8-16(13)23-20-24(2)19(25)17(27-20)11-12-9-14(21)18(26-3)15(22)10-12/h5-11H,4H2,1-3H3/b17-11+,23-20?. The highest BCUT2D eigenvalue weighted by atomic mass is 127. The minimum Gasteiger partial charge on any atom is -0.495 e. The molecule has 27 heavy (non-hydrogen) atoms. The van der Waals surface area contributed by atoms with Crippen LogP contribution < -0.4 is 4.74 Å². The Morgan fingerprint density at radius 2 is 1.89 bits per heavy atom. The smallest absolute Gasteiger partial charge is 0.266 e. The first-order valence-corrected chi connectivity index (χ1v) is 11.3. The van der Waals surface area contributed by atoms with Crippen molar-refractivity contribution in [2.24, 2.45) is 4.99 Å². The molecule has 3 rings (SSSR count). The number of benzene rings is 2. The maximum Gasteiger partial charge on any atom is 0.266 e. The molecule has 2 aromatic carbocycles. The van der Waals surface area contributed by atoms with Gasteiger partial charge in [0, 0.05) is 7.05 Å². The number of carbonyl (C=O) groups excluding carboxylic acids is 1. The topological polar surface area (TPSA) is 41.9 Å². The van der Waals surface area contributed by atoms with E-state index in [0.717, 1.165) is 30.6 Å². The number of nitrogens with zero attached hydrogens (tertiary/aromatic N) is 2. The zero-order valence-electron chi connectivity index (χ0n) is 15.1. The first-order chi connectivity index (χ1) is 12.9. The van der Waals surface area contributed by atoms with Gasteiger partial charge in [-0.2, -0.15) is 0 Å². The van der Waals surface area contributed by atoms with Crippen molar-refractivity contribution < 1.29 is 9.53 Å². The first kappa shape index (κ1) is 20.7. The molecule has 0 unspecified atom stereocenters. The van der Waals surface area contributed by atoms with E-state index in [2.05, 4.69) is 58.2 Å². The molecule has 0 atom stereocenters. The van der Waals surface area contributed by atoms with Gasteiger partial charge in [0.1, 0.15) is 5.75 Å². The van der Waals surface area contributed by atoms with E-state index in [-0.39, 0.29) is 5.91 Å². The van der Waals surface area contributed by atoms with Crippen molar-refractivity contribution in [3.63, 3.8) is 0 Å². The zero-order chi connectivity index (χ0) is 19.6. The maximum absolute atomic E-state index is 12.7. The van der Waals surface area contributed by atoms with Crippen LogP contribution in [-0.4, -0.2) is 30.1 Å². The minimum absolute atomic E-state index is 0.0337. The Labute approximate surface area is 190 Å². The lowest BCUT2D eigenvalue weighted by atomic mass is 10.1. The van der Waals surface area contributed by atoms with Gasteiger partial charge >= 0.3 is 0 Å². The van der Waals surface area contributed by atoms with Crippen molar-refractivity contribution in [2.75, 3.05) is 14.2 Å². The summed E-state index contributed by atoms with van der Waals surface area (Å²) in [6.45, 7) is 2.11. The molecule has 0 aliphatic carbocycles. The number of amides is 1. The van der Waals surface area contributed by atoms with E-state index in [1.165, 1.54) is 17.3 Å². The monoisotopic (exact) mass is 604 g/mol. The molecule has 140 valence electrons. The number of rotatable bonds is 4. The average molecular weight is 604 g/mol. The first-order valence-electron chi connectivity index (χ1n) is 8.31. The zero-order valence-corrected chi connectivity index (χ0v) is 20.3. The number of likely N-dealkylation sites (N-methyl/N-ethyl adjacent to an activating group) is 1. The number of thioether (sulfide) groups is 1. The summed E-state index contributed by atoms with van der Waals surface area (Å²) >= 11 is 5.91. The predicted octanol–water partition coefficient (Wildman–Crippen LogP) is 5.70. The molecule has 1 amide bonds. The van der Waals surface area contributed by atoms with Crippen LogP contribution in [-0.2, 0) is 11.2 Å². The van der Waals surface area contributed by atoms with Crippen molar-refractivity contribution in [1.29, 1.82) is 0 Å². The normalized spacial score (nSPS) is 17.2. The summed E-state index contributed by atoms with van der Waals surface area (Å²) in [6, 6.07) is 12.1. The van der Waals surface area contributed by atoms with Crippen LogP contribution in [0.2, 0.25) is 0 Å². The number of para-hydroxylation sites is 1. The molecule has 1 aliphatic rings. The summed E-state index contributed by atoms with van der Waals surface area (Å²) in [7, 11) is 3.44. The fraction of sp³-hybridized carbons (Fsp3) is 0.200. The van der Waals surface area contributed by atoms with Gasteiger partial charge in [-0.05, 0) is 98.8 Å². The highest BCUT2D eigenvalue weighted by Gasteiger charge is 2.30. The molecule has 7 heteroatoms. The fourth-order valence-electron chi connectivity index (χ4n) is 2.68. The molecule has 1 saturated heterocycles. The predicted molar refractivity (Wildman–Crippen MR) is 130 cm³/mol. The number of amidine groups is 1. The van der Waals surface area contributed by atoms with E-state index >= 15 is 0 Å². The second-order valence-corrected chi connectivity index (χ2v) is 9.20. The van der Waals surface area contributed by atoms with Crippen molar-refractivity contribution in [3.8, 4) is 5.75 Å². The van der Waals surface area contributed by atoms with Crippen molar-refractivity contribution in [1.82, 2.24) is 4.90 Å². The van der Waals surface area contributed by atoms with Crippen molar-refractivity contribution in [3.05, 3.63) is 59.6 Å². The number of hydrogen-bond donors (Lipinski definition) is 0. The molecule has 0 spiro atoms. The second kappa shape index (κ2) is 8.95. The Bertz CT molecular complexity index is 934. The lowest BCUT2D eigenvalue weighted by Crippen LogP contribution is -2.23. The molecule has 0 radical (unpaired) electrons. The van der Waals surface area contributed by atoms with Gasteiger partial charge in [-0.1, -0.05) is 25.1 Å². The van der Waals surface area contributed by atoms with Gasteiger partial charge in [0.05, 0.1) is 24.8 Å². The Hall–Kier alpha value is -1.07. The van der Waals surface area contributed by atoms with Gasteiger partial charge in [-0.3, -0.25) is 9.69 Å². The average Bonchev–Trinajstić information content (AvgIpc) is 2.90. The van der Waals surface area contributed by atoms with Gasteiger partial charge in [0.2, 0.25) is 0 Å². The van der Waals surface area contributed by atoms with E-state index in [1.54, 1.807) is 19.1 Å². The van der Waals surface area contributed by atoms with Crippen LogP contribution in [0.3, 0.4) is 0 Å². The van der Waals surface area contributed by atoms with E-state index in [4.69, 9.17) is 9.73 Å². The third kappa shape index (κ3) is 4.51. The van der Waals surface area contributed by atoms with Crippen LogP contribution in [0.1, 0.15) is 18.1 Å². The summed E-state index contributed by atoms with van der Waals surface area (Å²) in [5.74, 6) is 0.827. The molecular formula is C20H18I2N2O2S. The maximum atomic E-state index is 12.7. The number of methoxy groups -OCH3 is 1. The third-order valence-corrected chi connectivity index (χ3v) is 6.78. The molecule has 1 aliphatic heterocycles. The Balaban J connectivity index is 1.94. The van der Waals surface area contributed by atoms with E-state index < -0.39 is 0 Å². The molecule has 0 N–H and O–H groups in total. The molecule has 0 aromatic heterocycles. The van der Waals surface area contributed by atoms with Crippen LogP contribution in [0.5, 0.6) is 5.75 Å². The molecule has 1 heterocycles. The number of carbonyl (C=O) groups is 1. The van der Waals surface area contributed by atoms with Gasteiger partial charge < -0.3 is 4.74 Å². The van der Waals surface area contributed by atoms with Gasteiger partial charge in [-0.25, -0.2) is 4.99 Å². The molecular weight excluding hydrogens is 586 g/mol. The van der Waals surface area contributed by atoms with E-state index in [0.29, 0.717) is 10.1 Å². The SMILES string of the molecule is CCc1ccccc1N=C1S/C(=C/c2cc(I)c(OC)c(I)c2)C(=O)N1C. The van der Waals surface area contributed by atoms with Gasteiger partial charge in [-0.15, -0.1) is 0 Å². The van der Waals surface area contributed by atoms with Crippen LogP contribution in [0.25, 0.3) is 6.08 Å². The second-order valence-electron chi connectivity index (χ2n) is 5.87. The number of halogens is 2. The van der Waals surface area contributed by atoms with Crippen molar-refractivity contribution in [2.45, 2.75) is 13.3 Å². The molecule has 2 aromatic rings. The van der Waals surface area contributed by atoms with E-state index in [9.17, 15) is 4.79 Å². The Morgan fingerprint density at radius 1 is 1.22 bits per heavy atom. The van der Waals surface area contributed by atoms with Crippen LogP contribution in [0, 0.1) is 7.14 Å². The number of ether oxygens (including phenoxy) is 1. The Morgan fingerprint density at radius 3 is 2.52 bits per heavy atom.